The molecule has 1 N–H and O–H groups in total. The van der Waals surface area contributed by atoms with Crippen molar-refractivity contribution >= 4 is 23.6 Å². The summed E-state index contributed by atoms with van der Waals surface area (Å²) in [6.07, 6.45) is 0. The first kappa shape index (κ1) is 23.4. The molecule has 0 spiro atoms. The highest BCUT2D eigenvalue weighted by atomic mass is 16.5. The van der Waals surface area contributed by atoms with Crippen LogP contribution < -0.4 is 10.1 Å². The summed E-state index contributed by atoms with van der Waals surface area (Å²) in [6.45, 7) is 3.00. The van der Waals surface area contributed by atoms with Gasteiger partial charge in [-0.2, -0.15) is 0 Å². The second-order valence-electron chi connectivity index (χ2n) is 7.41. The molecule has 3 rings (SSSR count). The number of ketones is 1. The van der Waals surface area contributed by atoms with E-state index in [0.29, 0.717) is 16.7 Å². The average molecular weight is 445 g/mol. The lowest BCUT2D eigenvalue weighted by atomic mass is 10.1. The molecule has 0 saturated carbocycles. The summed E-state index contributed by atoms with van der Waals surface area (Å²) in [5, 5.41) is 2.45. The van der Waals surface area contributed by atoms with Gasteiger partial charge in [0.1, 0.15) is 12.3 Å². The van der Waals surface area contributed by atoms with E-state index in [1.807, 2.05) is 26.0 Å². The molecule has 7 heteroatoms. The minimum absolute atomic E-state index is 0.285. The van der Waals surface area contributed by atoms with Gasteiger partial charge in [0.25, 0.3) is 5.91 Å². The molecular formula is C26H23NO6. The Labute approximate surface area is 191 Å². The SMILES string of the molecule is Cc1ccc(C(=O)NCC(=O)OCC(=O)c2ccc(OC(=O)c3ccc(C)cc3)cc2)cc1. The zero-order valence-corrected chi connectivity index (χ0v) is 18.3. The van der Waals surface area contributed by atoms with Gasteiger partial charge in [-0.15, -0.1) is 0 Å². The Morgan fingerprint density at radius 1 is 0.697 bits per heavy atom. The van der Waals surface area contributed by atoms with Crippen molar-refractivity contribution in [3.05, 3.63) is 101 Å². The van der Waals surface area contributed by atoms with Crippen LogP contribution in [-0.4, -0.2) is 36.8 Å². The zero-order chi connectivity index (χ0) is 23.8. The number of nitrogens with one attached hydrogen (secondary N) is 1. The standard InChI is InChI=1S/C26H23NO6/c1-17-3-7-20(8-4-17)25(30)27-15-24(29)32-16-23(28)19-11-13-22(14-12-19)33-26(31)21-9-5-18(2)6-10-21/h3-14H,15-16H2,1-2H3,(H,27,30). The van der Waals surface area contributed by atoms with E-state index in [0.717, 1.165) is 11.1 Å². The summed E-state index contributed by atoms with van der Waals surface area (Å²) < 4.78 is 10.2. The highest BCUT2D eigenvalue weighted by molar-refractivity contribution is 5.99. The number of esters is 2. The second-order valence-corrected chi connectivity index (χ2v) is 7.41. The number of carbonyl (C=O) groups excluding carboxylic acids is 4. The van der Waals surface area contributed by atoms with Crippen LogP contribution in [0.15, 0.2) is 72.8 Å². The van der Waals surface area contributed by atoms with E-state index in [9.17, 15) is 19.2 Å². The topological polar surface area (TPSA) is 98.8 Å². The van der Waals surface area contributed by atoms with Crippen LogP contribution in [0.3, 0.4) is 0 Å². The van der Waals surface area contributed by atoms with Crippen LogP contribution in [0.2, 0.25) is 0 Å². The normalized spacial score (nSPS) is 10.2. The zero-order valence-electron chi connectivity index (χ0n) is 18.3. The molecule has 168 valence electrons. The third-order valence-corrected chi connectivity index (χ3v) is 4.75. The Bertz CT molecular complexity index is 1150. The molecule has 0 heterocycles. The molecule has 33 heavy (non-hydrogen) atoms. The largest absolute Gasteiger partial charge is 0.456 e. The predicted molar refractivity (Wildman–Crippen MR) is 121 cm³/mol. The fourth-order valence-electron chi connectivity index (χ4n) is 2.80. The van der Waals surface area contributed by atoms with Crippen LogP contribution in [-0.2, 0) is 9.53 Å². The number of hydrogen-bond acceptors (Lipinski definition) is 6. The van der Waals surface area contributed by atoms with Gasteiger partial charge < -0.3 is 14.8 Å². The van der Waals surface area contributed by atoms with Crippen LogP contribution in [0, 0.1) is 13.8 Å². The van der Waals surface area contributed by atoms with E-state index in [1.54, 1.807) is 36.4 Å². The molecule has 0 fully saturated rings. The summed E-state index contributed by atoms with van der Waals surface area (Å²) >= 11 is 0. The van der Waals surface area contributed by atoms with Gasteiger partial charge in [0.05, 0.1) is 5.56 Å². The maximum Gasteiger partial charge on any atom is 0.343 e. The maximum atomic E-state index is 12.3. The number of carbonyl (C=O) groups is 4. The average Bonchev–Trinajstić information content (AvgIpc) is 2.82. The lowest BCUT2D eigenvalue weighted by Gasteiger charge is -2.08. The maximum absolute atomic E-state index is 12.3. The van der Waals surface area contributed by atoms with Crippen molar-refractivity contribution in [1.29, 1.82) is 0 Å². The van der Waals surface area contributed by atoms with Crippen molar-refractivity contribution in [3.63, 3.8) is 0 Å². The number of aryl methyl sites for hydroxylation is 2. The molecule has 3 aromatic carbocycles. The molecule has 0 aromatic heterocycles. The fourth-order valence-corrected chi connectivity index (χ4v) is 2.80. The quantitative estimate of drug-likeness (QED) is 0.323. The molecule has 0 aliphatic rings. The van der Waals surface area contributed by atoms with Crippen LogP contribution in [0.25, 0.3) is 0 Å². The van der Waals surface area contributed by atoms with E-state index >= 15 is 0 Å². The summed E-state index contributed by atoms with van der Waals surface area (Å²) in [7, 11) is 0. The summed E-state index contributed by atoms with van der Waals surface area (Å²) in [5.41, 5.74) is 3.18. The number of hydrogen-bond donors (Lipinski definition) is 1. The number of Topliss-reactive ketones (excluding diaryl/α,β-unsaturated/α-hetero) is 1. The summed E-state index contributed by atoms with van der Waals surface area (Å²) in [4.78, 5) is 48.3. The van der Waals surface area contributed by atoms with E-state index in [2.05, 4.69) is 5.32 Å². The predicted octanol–water partition coefficient (Wildman–Crippen LogP) is 3.68. The molecular weight excluding hydrogens is 422 g/mol. The second kappa shape index (κ2) is 10.9. The van der Waals surface area contributed by atoms with Gasteiger partial charge in [-0.3, -0.25) is 14.4 Å². The van der Waals surface area contributed by atoms with Crippen LogP contribution in [0.5, 0.6) is 5.75 Å². The van der Waals surface area contributed by atoms with E-state index < -0.39 is 30.2 Å². The highest BCUT2D eigenvalue weighted by Crippen LogP contribution is 2.15. The van der Waals surface area contributed by atoms with Crippen molar-refractivity contribution in [1.82, 2.24) is 5.32 Å². The monoisotopic (exact) mass is 445 g/mol. The lowest BCUT2D eigenvalue weighted by Crippen LogP contribution is -2.31. The highest BCUT2D eigenvalue weighted by Gasteiger charge is 2.13. The molecule has 0 aliphatic carbocycles. The van der Waals surface area contributed by atoms with Crippen molar-refractivity contribution in [2.75, 3.05) is 13.2 Å². The van der Waals surface area contributed by atoms with E-state index in [-0.39, 0.29) is 12.3 Å². The van der Waals surface area contributed by atoms with E-state index in [4.69, 9.17) is 9.47 Å². The Morgan fingerprint density at radius 3 is 1.79 bits per heavy atom. The number of benzene rings is 3. The van der Waals surface area contributed by atoms with Crippen molar-refractivity contribution in [2.24, 2.45) is 0 Å². The molecule has 0 saturated heterocycles. The molecule has 0 radical (unpaired) electrons. The van der Waals surface area contributed by atoms with Gasteiger partial charge in [0, 0.05) is 11.1 Å². The molecule has 0 bridgehead atoms. The lowest BCUT2D eigenvalue weighted by molar-refractivity contribution is -0.141. The van der Waals surface area contributed by atoms with Gasteiger partial charge in [0.2, 0.25) is 0 Å². The molecule has 0 aliphatic heterocycles. The third-order valence-electron chi connectivity index (χ3n) is 4.75. The first-order chi connectivity index (χ1) is 15.8. The van der Waals surface area contributed by atoms with Crippen LogP contribution >= 0.6 is 0 Å². The molecule has 3 aromatic rings. The molecule has 7 nitrogen and oxygen atoms in total. The minimum Gasteiger partial charge on any atom is -0.456 e. The number of amides is 1. The molecule has 0 unspecified atom stereocenters. The van der Waals surface area contributed by atoms with Crippen LogP contribution in [0.1, 0.15) is 42.2 Å². The molecule has 1 amide bonds. The number of rotatable bonds is 8. The van der Waals surface area contributed by atoms with Gasteiger partial charge >= 0.3 is 11.9 Å². The van der Waals surface area contributed by atoms with E-state index in [1.165, 1.54) is 24.3 Å². The van der Waals surface area contributed by atoms with Crippen LogP contribution in [0.4, 0.5) is 0 Å². The van der Waals surface area contributed by atoms with Gasteiger partial charge in [-0.25, -0.2) is 4.79 Å². The third kappa shape index (κ3) is 6.87. The fraction of sp³-hybridized carbons (Fsp3) is 0.154. The summed E-state index contributed by atoms with van der Waals surface area (Å²) in [5.74, 6) is -1.78. The smallest absolute Gasteiger partial charge is 0.343 e. The first-order valence-electron chi connectivity index (χ1n) is 10.2. The Balaban J connectivity index is 1.44. The van der Waals surface area contributed by atoms with Gasteiger partial charge in [-0.05, 0) is 62.4 Å². The Hall–Kier alpha value is -4.26. The molecule has 0 atom stereocenters. The summed E-state index contributed by atoms with van der Waals surface area (Å²) in [6, 6.07) is 19.8. The minimum atomic E-state index is -0.729. The Kier molecular flexibility index (Phi) is 7.70. The van der Waals surface area contributed by atoms with Crippen molar-refractivity contribution in [3.8, 4) is 5.75 Å². The Morgan fingerprint density at radius 2 is 1.21 bits per heavy atom. The number of ether oxygens (including phenoxy) is 2. The van der Waals surface area contributed by atoms with Gasteiger partial charge in [0.15, 0.2) is 12.4 Å². The van der Waals surface area contributed by atoms with Crippen molar-refractivity contribution in [2.45, 2.75) is 13.8 Å². The van der Waals surface area contributed by atoms with Gasteiger partial charge in [-0.1, -0.05) is 35.4 Å². The first-order valence-corrected chi connectivity index (χ1v) is 10.2. The van der Waals surface area contributed by atoms with Crippen molar-refractivity contribution < 1.29 is 28.7 Å².